The summed E-state index contributed by atoms with van der Waals surface area (Å²) >= 11 is 1.48. The third kappa shape index (κ3) is 2.97. The largest absolute Gasteiger partial charge is 0.365 e. The highest BCUT2D eigenvalue weighted by atomic mass is 32.1. The Hall–Kier alpha value is -2.22. The van der Waals surface area contributed by atoms with Crippen LogP contribution in [0.25, 0.3) is 0 Å². The summed E-state index contributed by atoms with van der Waals surface area (Å²) in [4.78, 5) is 18.9. The average molecular weight is 279 g/mol. The van der Waals surface area contributed by atoms with Crippen LogP contribution in [0.15, 0.2) is 17.6 Å². The van der Waals surface area contributed by atoms with Gasteiger partial charge in [-0.3, -0.25) is 10.1 Å². The SMILES string of the molecule is CNc1nc(CNc2nccc(C)c2[N+](=O)[O-])cs1. The molecule has 0 saturated carbocycles. The maximum absolute atomic E-state index is 11.0. The molecule has 2 aromatic rings. The Morgan fingerprint density at radius 2 is 2.32 bits per heavy atom. The third-order valence-corrected chi connectivity index (χ3v) is 3.42. The lowest BCUT2D eigenvalue weighted by molar-refractivity contribution is -0.384. The topological polar surface area (TPSA) is 93.0 Å². The molecule has 2 heterocycles. The van der Waals surface area contributed by atoms with Gasteiger partial charge in [0.05, 0.1) is 17.2 Å². The summed E-state index contributed by atoms with van der Waals surface area (Å²) in [6.45, 7) is 2.09. The van der Waals surface area contributed by atoms with E-state index in [4.69, 9.17) is 0 Å². The Balaban J connectivity index is 2.15. The van der Waals surface area contributed by atoms with E-state index in [9.17, 15) is 10.1 Å². The normalized spacial score (nSPS) is 10.2. The zero-order chi connectivity index (χ0) is 13.8. The number of nitrogens with zero attached hydrogens (tertiary/aromatic N) is 3. The molecule has 0 unspecified atom stereocenters. The fourth-order valence-electron chi connectivity index (χ4n) is 1.59. The first-order valence-corrected chi connectivity index (χ1v) is 6.46. The molecule has 0 aliphatic rings. The monoisotopic (exact) mass is 279 g/mol. The van der Waals surface area contributed by atoms with Gasteiger partial charge in [-0.2, -0.15) is 0 Å². The first-order valence-electron chi connectivity index (χ1n) is 5.58. The molecule has 0 bridgehead atoms. The number of hydrogen-bond donors (Lipinski definition) is 2. The Morgan fingerprint density at radius 3 is 2.95 bits per heavy atom. The second-order valence-electron chi connectivity index (χ2n) is 3.83. The van der Waals surface area contributed by atoms with Gasteiger partial charge < -0.3 is 10.6 Å². The maximum atomic E-state index is 11.0. The molecule has 0 amide bonds. The number of nitrogens with one attached hydrogen (secondary N) is 2. The number of pyridine rings is 1. The molecular weight excluding hydrogens is 266 g/mol. The van der Waals surface area contributed by atoms with E-state index < -0.39 is 4.92 Å². The summed E-state index contributed by atoms with van der Waals surface area (Å²) in [5.74, 6) is 0.268. The van der Waals surface area contributed by atoms with Gasteiger partial charge in [0.1, 0.15) is 0 Å². The van der Waals surface area contributed by atoms with Crippen LogP contribution in [0.1, 0.15) is 11.3 Å². The number of anilines is 2. The van der Waals surface area contributed by atoms with E-state index in [1.54, 1.807) is 26.2 Å². The van der Waals surface area contributed by atoms with Crippen LogP contribution >= 0.6 is 11.3 Å². The van der Waals surface area contributed by atoms with Crippen LogP contribution < -0.4 is 10.6 Å². The van der Waals surface area contributed by atoms with E-state index in [0.29, 0.717) is 12.1 Å². The molecule has 0 radical (unpaired) electrons. The Bertz CT molecular complexity index is 599. The predicted octanol–water partition coefficient (Wildman–Crippen LogP) is 2.41. The second-order valence-corrected chi connectivity index (χ2v) is 4.69. The zero-order valence-corrected chi connectivity index (χ0v) is 11.3. The standard InChI is InChI=1S/C11H13N5O2S/c1-7-3-4-13-10(9(7)16(17)18)14-5-8-6-19-11(12-2)15-8/h3-4,6H,5H2,1-2H3,(H,12,15)(H,13,14). The van der Waals surface area contributed by atoms with Gasteiger partial charge in [0.2, 0.25) is 5.82 Å². The van der Waals surface area contributed by atoms with Crippen molar-refractivity contribution >= 4 is 28.0 Å². The van der Waals surface area contributed by atoms with Gasteiger partial charge in [-0.15, -0.1) is 11.3 Å². The molecule has 0 aliphatic carbocycles. The van der Waals surface area contributed by atoms with Gasteiger partial charge >= 0.3 is 5.69 Å². The number of thiazole rings is 1. The molecule has 0 spiro atoms. The van der Waals surface area contributed by atoms with E-state index in [2.05, 4.69) is 20.6 Å². The number of hydrogen-bond acceptors (Lipinski definition) is 7. The van der Waals surface area contributed by atoms with Gasteiger partial charge in [-0.1, -0.05) is 0 Å². The minimum Gasteiger partial charge on any atom is -0.365 e. The molecule has 8 heteroatoms. The van der Waals surface area contributed by atoms with Crippen molar-refractivity contribution in [2.75, 3.05) is 17.7 Å². The molecule has 0 aliphatic heterocycles. The lowest BCUT2D eigenvalue weighted by Crippen LogP contribution is -2.06. The van der Waals surface area contributed by atoms with Crippen molar-refractivity contribution in [2.24, 2.45) is 0 Å². The number of nitro groups is 1. The first kappa shape index (κ1) is 13.2. The minimum absolute atomic E-state index is 0.00608. The molecule has 2 rings (SSSR count). The molecule has 7 nitrogen and oxygen atoms in total. The first-order chi connectivity index (χ1) is 9.11. The molecule has 2 N–H and O–H groups in total. The van der Waals surface area contributed by atoms with E-state index in [1.807, 2.05) is 5.38 Å². The third-order valence-electron chi connectivity index (χ3n) is 2.51. The highest BCUT2D eigenvalue weighted by Gasteiger charge is 2.18. The second kappa shape index (κ2) is 5.61. The molecule has 0 atom stereocenters. The zero-order valence-electron chi connectivity index (χ0n) is 10.5. The molecule has 0 fully saturated rings. The van der Waals surface area contributed by atoms with Crippen molar-refractivity contribution in [3.05, 3.63) is 39.0 Å². The van der Waals surface area contributed by atoms with E-state index in [-0.39, 0.29) is 11.5 Å². The average Bonchev–Trinajstić information content (AvgIpc) is 2.83. The molecule has 0 saturated heterocycles. The maximum Gasteiger partial charge on any atom is 0.314 e. The number of aromatic nitrogens is 2. The van der Waals surface area contributed by atoms with Crippen LogP contribution in [0.5, 0.6) is 0 Å². The quantitative estimate of drug-likeness (QED) is 0.645. The smallest absolute Gasteiger partial charge is 0.314 e. The summed E-state index contributed by atoms with van der Waals surface area (Å²) in [5, 5.41) is 19.6. The van der Waals surface area contributed by atoms with Gasteiger partial charge in [-0.05, 0) is 13.0 Å². The van der Waals surface area contributed by atoms with Crippen LogP contribution in [-0.2, 0) is 6.54 Å². The van der Waals surface area contributed by atoms with Crippen molar-refractivity contribution < 1.29 is 4.92 Å². The summed E-state index contributed by atoms with van der Waals surface area (Å²) < 4.78 is 0. The molecule has 0 aromatic carbocycles. The van der Waals surface area contributed by atoms with Crippen molar-refractivity contribution in [3.8, 4) is 0 Å². The van der Waals surface area contributed by atoms with Gasteiger partial charge in [0, 0.05) is 24.2 Å². The fraction of sp³-hybridized carbons (Fsp3) is 0.273. The summed E-state index contributed by atoms with van der Waals surface area (Å²) in [6.07, 6.45) is 1.55. The highest BCUT2D eigenvalue weighted by molar-refractivity contribution is 7.13. The van der Waals surface area contributed by atoms with Crippen LogP contribution in [0, 0.1) is 17.0 Å². The van der Waals surface area contributed by atoms with Gasteiger partial charge in [0.15, 0.2) is 5.13 Å². The van der Waals surface area contributed by atoms with E-state index >= 15 is 0 Å². The molecule has 19 heavy (non-hydrogen) atoms. The van der Waals surface area contributed by atoms with Crippen molar-refractivity contribution in [3.63, 3.8) is 0 Å². The van der Waals surface area contributed by atoms with Crippen molar-refractivity contribution in [1.29, 1.82) is 0 Å². The minimum atomic E-state index is -0.426. The van der Waals surface area contributed by atoms with Gasteiger partial charge in [0.25, 0.3) is 0 Å². The van der Waals surface area contributed by atoms with E-state index in [1.165, 1.54) is 11.3 Å². The highest BCUT2D eigenvalue weighted by Crippen LogP contribution is 2.26. The van der Waals surface area contributed by atoms with Crippen LogP contribution in [-0.4, -0.2) is 21.9 Å². The lowest BCUT2D eigenvalue weighted by Gasteiger charge is -2.05. The summed E-state index contributed by atoms with van der Waals surface area (Å²) in [7, 11) is 1.79. The molecule has 2 aromatic heterocycles. The van der Waals surface area contributed by atoms with E-state index in [0.717, 1.165) is 10.8 Å². The lowest BCUT2D eigenvalue weighted by atomic mass is 10.2. The number of rotatable bonds is 5. The Labute approximate surface area is 113 Å². The summed E-state index contributed by atoms with van der Waals surface area (Å²) in [5.41, 5.74) is 1.40. The Morgan fingerprint density at radius 1 is 1.53 bits per heavy atom. The Kier molecular flexibility index (Phi) is 3.91. The van der Waals surface area contributed by atoms with Crippen LogP contribution in [0.4, 0.5) is 16.6 Å². The molecular formula is C11H13N5O2S. The number of aryl methyl sites for hydroxylation is 1. The van der Waals surface area contributed by atoms with Crippen LogP contribution in [0.2, 0.25) is 0 Å². The van der Waals surface area contributed by atoms with Crippen molar-refractivity contribution in [1.82, 2.24) is 9.97 Å². The summed E-state index contributed by atoms with van der Waals surface area (Å²) in [6, 6.07) is 1.62. The van der Waals surface area contributed by atoms with Crippen LogP contribution in [0.3, 0.4) is 0 Å². The van der Waals surface area contributed by atoms with Gasteiger partial charge in [-0.25, -0.2) is 9.97 Å². The molecule has 100 valence electrons. The van der Waals surface area contributed by atoms with Crippen molar-refractivity contribution in [2.45, 2.75) is 13.5 Å². The fourth-order valence-corrected chi connectivity index (χ4v) is 2.26. The predicted molar refractivity (Wildman–Crippen MR) is 74.6 cm³/mol.